The van der Waals surface area contributed by atoms with Crippen LogP contribution in [0.25, 0.3) is 6.08 Å². The molecule has 0 aliphatic rings. The predicted molar refractivity (Wildman–Crippen MR) is 112 cm³/mol. The van der Waals surface area contributed by atoms with Crippen molar-refractivity contribution in [2.45, 2.75) is 13.5 Å². The third-order valence-electron chi connectivity index (χ3n) is 4.05. The average molecular weight is 407 g/mol. The molecule has 1 heterocycles. The topological polar surface area (TPSA) is 132 Å². The number of phenolic OH excluding ortho intramolecular Hbond substituents is 1. The fourth-order valence-corrected chi connectivity index (χ4v) is 2.54. The number of carbonyl (C=O) groups is 1. The summed E-state index contributed by atoms with van der Waals surface area (Å²) < 4.78 is 10.2. The number of hydrogen-bond acceptors (Lipinski definition) is 9. The third kappa shape index (κ3) is 5.44. The van der Waals surface area contributed by atoms with Gasteiger partial charge in [0.05, 0.1) is 7.11 Å². The Morgan fingerprint density at radius 1 is 1.20 bits per heavy atom. The molecule has 0 bridgehead atoms. The first-order valence-electron chi connectivity index (χ1n) is 8.99. The molecule has 0 radical (unpaired) electrons. The van der Waals surface area contributed by atoms with Crippen molar-refractivity contribution < 1.29 is 19.4 Å². The Morgan fingerprint density at radius 2 is 2.00 bits per heavy atom. The molecular formula is C21H21N5O4. The number of esters is 1. The summed E-state index contributed by atoms with van der Waals surface area (Å²) in [6.07, 6.45) is 2.79. The van der Waals surface area contributed by atoms with E-state index < -0.39 is 5.97 Å². The first-order valence-corrected chi connectivity index (χ1v) is 8.99. The van der Waals surface area contributed by atoms with Gasteiger partial charge in [-0.2, -0.15) is 15.0 Å². The Balaban J connectivity index is 1.63. The van der Waals surface area contributed by atoms with Crippen molar-refractivity contribution in [2.24, 2.45) is 0 Å². The molecule has 0 aliphatic carbocycles. The van der Waals surface area contributed by atoms with E-state index in [9.17, 15) is 9.90 Å². The second kappa shape index (κ2) is 9.37. The van der Waals surface area contributed by atoms with Crippen LogP contribution in [0.1, 0.15) is 17.0 Å². The van der Waals surface area contributed by atoms with Crippen molar-refractivity contribution in [3.8, 4) is 11.5 Å². The standard InChI is InChI=1S/C21H21N5O4/c1-13-5-3-4-6-15(13)23-21-25-18(24-20(22)26-21)12-30-19(28)10-8-14-7-9-16(27)17(11-14)29-2/h3-11,27H,12H2,1-2H3,(H3,22,23,24,25,26)/b10-8+. The lowest BCUT2D eigenvalue weighted by Crippen LogP contribution is -2.10. The molecule has 0 fully saturated rings. The van der Waals surface area contributed by atoms with E-state index in [1.165, 1.54) is 25.3 Å². The lowest BCUT2D eigenvalue weighted by Gasteiger charge is -2.09. The van der Waals surface area contributed by atoms with Crippen LogP contribution in [0.3, 0.4) is 0 Å². The molecule has 3 rings (SSSR count). The molecule has 154 valence electrons. The molecule has 0 atom stereocenters. The SMILES string of the molecule is COc1cc(/C=C/C(=O)OCc2nc(N)nc(Nc3ccccc3C)n2)ccc1O. The van der Waals surface area contributed by atoms with Gasteiger partial charge in [0, 0.05) is 11.8 Å². The summed E-state index contributed by atoms with van der Waals surface area (Å²) in [5.74, 6) is 0.217. The van der Waals surface area contributed by atoms with Crippen LogP contribution in [-0.4, -0.2) is 33.1 Å². The first-order chi connectivity index (χ1) is 14.4. The molecule has 9 heteroatoms. The van der Waals surface area contributed by atoms with Crippen molar-refractivity contribution in [1.82, 2.24) is 15.0 Å². The molecule has 4 N–H and O–H groups in total. The van der Waals surface area contributed by atoms with Crippen LogP contribution in [0.5, 0.6) is 11.5 Å². The summed E-state index contributed by atoms with van der Waals surface area (Å²) in [5.41, 5.74) is 8.25. The zero-order chi connectivity index (χ0) is 21.5. The second-order valence-corrected chi connectivity index (χ2v) is 6.25. The van der Waals surface area contributed by atoms with Crippen LogP contribution < -0.4 is 15.8 Å². The zero-order valence-corrected chi connectivity index (χ0v) is 16.5. The fraction of sp³-hybridized carbons (Fsp3) is 0.143. The normalized spacial score (nSPS) is 10.7. The number of nitrogens with one attached hydrogen (secondary N) is 1. The summed E-state index contributed by atoms with van der Waals surface area (Å²) in [6.45, 7) is 1.78. The molecule has 0 saturated heterocycles. The number of ether oxygens (including phenoxy) is 2. The van der Waals surface area contributed by atoms with Gasteiger partial charge < -0.3 is 25.6 Å². The number of carbonyl (C=O) groups excluding carboxylic acids is 1. The van der Waals surface area contributed by atoms with Crippen LogP contribution in [-0.2, 0) is 16.1 Å². The van der Waals surface area contributed by atoms with E-state index in [1.54, 1.807) is 12.1 Å². The van der Waals surface area contributed by atoms with Crippen molar-refractivity contribution in [2.75, 3.05) is 18.2 Å². The number of aromatic hydroxyl groups is 1. The van der Waals surface area contributed by atoms with Crippen molar-refractivity contribution in [3.63, 3.8) is 0 Å². The van der Waals surface area contributed by atoms with Gasteiger partial charge in [0.25, 0.3) is 0 Å². The summed E-state index contributed by atoms with van der Waals surface area (Å²) in [7, 11) is 1.44. The molecule has 0 amide bonds. The number of anilines is 3. The lowest BCUT2D eigenvalue weighted by molar-refractivity contribution is -0.139. The monoisotopic (exact) mass is 407 g/mol. The highest BCUT2D eigenvalue weighted by molar-refractivity contribution is 5.87. The molecule has 9 nitrogen and oxygen atoms in total. The summed E-state index contributed by atoms with van der Waals surface area (Å²) >= 11 is 0. The number of rotatable bonds is 7. The van der Waals surface area contributed by atoms with E-state index in [0.717, 1.165) is 11.3 Å². The highest BCUT2D eigenvalue weighted by atomic mass is 16.5. The van der Waals surface area contributed by atoms with Gasteiger partial charge in [0.15, 0.2) is 23.9 Å². The maximum Gasteiger partial charge on any atom is 0.331 e. The van der Waals surface area contributed by atoms with Crippen LogP contribution >= 0.6 is 0 Å². The predicted octanol–water partition coefficient (Wildman–Crippen LogP) is 2.98. The van der Waals surface area contributed by atoms with E-state index in [4.69, 9.17) is 15.2 Å². The van der Waals surface area contributed by atoms with Gasteiger partial charge in [-0.05, 0) is 42.3 Å². The molecule has 0 saturated carbocycles. The first kappa shape index (κ1) is 20.6. The molecule has 30 heavy (non-hydrogen) atoms. The van der Waals surface area contributed by atoms with Crippen molar-refractivity contribution >= 4 is 29.6 Å². The van der Waals surface area contributed by atoms with Gasteiger partial charge in [0.1, 0.15) is 0 Å². The van der Waals surface area contributed by atoms with Gasteiger partial charge in [0.2, 0.25) is 11.9 Å². The van der Waals surface area contributed by atoms with Gasteiger partial charge in [-0.1, -0.05) is 24.3 Å². The smallest absolute Gasteiger partial charge is 0.331 e. The number of aromatic nitrogens is 3. The average Bonchev–Trinajstić information content (AvgIpc) is 2.73. The van der Waals surface area contributed by atoms with Crippen LogP contribution in [0.2, 0.25) is 0 Å². The molecule has 0 unspecified atom stereocenters. The van der Waals surface area contributed by atoms with E-state index in [0.29, 0.717) is 11.3 Å². The van der Waals surface area contributed by atoms with E-state index in [2.05, 4.69) is 20.3 Å². The fourth-order valence-electron chi connectivity index (χ4n) is 2.54. The largest absolute Gasteiger partial charge is 0.504 e. The highest BCUT2D eigenvalue weighted by Crippen LogP contribution is 2.26. The number of hydrogen-bond donors (Lipinski definition) is 3. The molecule has 0 aliphatic heterocycles. The van der Waals surface area contributed by atoms with E-state index in [1.807, 2.05) is 31.2 Å². The Hall–Kier alpha value is -4.14. The van der Waals surface area contributed by atoms with Crippen LogP contribution in [0.4, 0.5) is 17.6 Å². The zero-order valence-electron chi connectivity index (χ0n) is 16.5. The van der Waals surface area contributed by atoms with Crippen LogP contribution in [0, 0.1) is 6.92 Å². The van der Waals surface area contributed by atoms with Crippen molar-refractivity contribution in [3.05, 3.63) is 65.5 Å². The number of nitrogens with two attached hydrogens (primary N) is 1. The van der Waals surface area contributed by atoms with Gasteiger partial charge >= 0.3 is 5.97 Å². The third-order valence-corrected chi connectivity index (χ3v) is 4.05. The minimum atomic E-state index is -0.588. The minimum absolute atomic E-state index is 0.0128. The van der Waals surface area contributed by atoms with E-state index in [-0.39, 0.29) is 30.1 Å². The molecule has 3 aromatic rings. The molecule has 1 aromatic heterocycles. The number of benzene rings is 2. The van der Waals surface area contributed by atoms with E-state index >= 15 is 0 Å². The van der Waals surface area contributed by atoms with Gasteiger partial charge in [-0.25, -0.2) is 4.79 Å². The Morgan fingerprint density at radius 3 is 2.77 bits per heavy atom. The number of methoxy groups -OCH3 is 1. The highest BCUT2D eigenvalue weighted by Gasteiger charge is 2.08. The Bertz CT molecular complexity index is 1080. The number of nitrogen functional groups attached to an aromatic ring is 1. The quantitative estimate of drug-likeness (QED) is 0.399. The summed E-state index contributed by atoms with van der Waals surface area (Å²) in [4.78, 5) is 24.3. The maximum atomic E-state index is 12.0. The Labute approximate surface area is 173 Å². The minimum Gasteiger partial charge on any atom is -0.504 e. The molecule has 2 aromatic carbocycles. The second-order valence-electron chi connectivity index (χ2n) is 6.25. The number of aryl methyl sites for hydroxylation is 1. The summed E-state index contributed by atoms with van der Waals surface area (Å²) in [5, 5.41) is 12.7. The number of para-hydroxylation sites is 1. The van der Waals surface area contributed by atoms with Crippen molar-refractivity contribution in [1.29, 1.82) is 0 Å². The lowest BCUT2D eigenvalue weighted by atomic mass is 10.2. The molecular weight excluding hydrogens is 386 g/mol. The Kier molecular flexibility index (Phi) is 6.43. The van der Waals surface area contributed by atoms with Crippen LogP contribution in [0.15, 0.2) is 48.5 Å². The summed E-state index contributed by atoms with van der Waals surface area (Å²) in [6, 6.07) is 12.4. The maximum absolute atomic E-state index is 12.0. The number of phenols is 1. The number of nitrogens with zero attached hydrogens (tertiary/aromatic N) is 3. The molecule has 0 spiro atoms. The van der Waals surface area contributed by atoms with Gasteiger partial charge in [-0.3, -0.25) is 0 Å². The van der Waals surface area contributed by atoms with Gasteiger partial charge in [-0.15, -0.1) is 0 Å².